The number of nitrogens with two attached hydrogens (primary N) is 1. The number of carbonyl (C=O) groups is 3. The lowest BCUT2D eigenvalue weighted by atomic mass is 9.59. The summed E-state index contributed by atoms with van der Waals surface area (Å²) in [6.07, 6.45) is 0.809. The van der Waals surface area contributed by atoms with E-state index in [1.165, 1.54) is 6.07 Å². The van der Waals surface area contributed by atoms with Crippen LogP contribution in [-0.2, 0) is 27.3 Å². The number of phenols is 1. The Kier molecular flexibility index (Phi) is 6.24. The second-order valence-electron chi connectivity index (χ2n) is 9.80. The second kappa shape index (κ2) is 8.65. The maximum absolute atomic E-state index is 13.5. The van der Waals surface area contributed by atoms with E-state index in [4.69, 9.17) is 17.3 Å². The van der Waals surface area contributed by atoms with Gasteiger partial charge in [0.25, 0.3) is 5.91 Å². The van der Waals surface area contributed by atoms with Crippen LogP contribution >= 0.6 is 11.6 Å². The number of benzene rings is 1. The van der Waals surface area contributed by atoms with Crippen molar-refractivity contribution in [1.29, 1.82) is 0 Å². The molecule has 1 saturated carbocycles. The maximum Gasteiger partial charge on any atom is 0.255 e. The largest absolute Gasteiger partial charge is 0.508 e. The Bertz CT molecular complexity index is 1220. The molecule has 1 aromatic carbocycles. The zero-order valence-corrected chi connectivity index (χ0v) is 20.5. The Morgan fingerprint density at radius 3 is 2.54 bits per heavy atom. The number of Topliss-reactive ketones (excluding diaryl/α,β-unsaturated/α-hetero) is 2. The third kappa shape index (κ3) is 3.64. The molecule has 0 spiro atoms. The molecule has 3 unspecified atom stereocenters. The van der Waals surface area contributed by atoms with Crippen LogP contribution in [0.4, 0.5) is 0 Å². The minimum Gasteiger partial charge on any atom is -0.508 e. The van der Waals surface area contributed by atoms with Crippen molar-refractivity contribution >= 4 is 34.8 Å². The zero-order valence-electron chi connectivity index (χ0n) is 19.8. The minimum atomic E-state index is -2.58. The molecule has 35 heavy (non-hydrogen) atoms. The molecule has 0 saturated heterocycles. The molecule has 1 aromatic rings. The second-order valence-corrected chi connectivity index (χ2v) is 10.2. The summed E-state index contributed by atoms with van der Waals surface area (Å²) >= 11 is 6.73. The van der Waals surface area contributed by atoms with Gasteiger partial charge >= 0.3 is 0 Å². The van der Waals surface area contributed by atoms with Gasteiger partial charge in [0, 0.05) is 35.5 Å². The number of fused-ring (bicyclic) bond motifs is 3. The van der Waals surface area contributed by atoms with Crippen molar-refractivity contribution in [3.63, 3.8) is 0 Å². The minimum absolute atomic E-state index is 0.00271. The molecule has 9 nitrogen and oxygen atoms in total. The number of primary amides is 1. The number of hydrogen-bond acceptors (Lipinski definition) is 8. The zero-order chi connectivity index (χ0) is 26.0. The molecule has 0 bridgehead atoms. The van der Waals surface area contributed by atoms with Gasteiger partial charge in [-0.2, -0.15) is 0 Å². The van der Waals surface area contributed by atoms with E-state index in [1.54, 1.807) is 0 Å². The van der Waals surface area contributed by atoms with Crippen LogP contribution in [0.1, 0.15) is 49.8 Å². The van der Waals surface area contributed by atoms with Gasteiger partial charge < -0.3 is 26.2 Å². The molecule has 188 valence electrons. The molecule has 6 N–H and O–H groups in total. The third-order valence-electron chi connectivity index (χ3n) is 7.83. The maximum atomic E-state index is 13.5. The molecule has 0 radical (unpaired) electrons. The number of aromatic hydroxyl groups is 1. The highest BCUT2D eigenvalue weighted by atomic mass is 35.5. The van der Waals surface area contributed by atoms with Crippen LogP contribution in [0.5, 0.6) is 5.75 Å². The third-order valence-corrected chi connectivity index (χ3v) is 8.31. The van der Waals surface area contributed by atoms with Gasteiger partial charge in [0.05, 0.1) is 5.56 Å². The molecule has 10 heteroatoms. The number of amides is 1. The van der Waals surface area contributed by atoms with Gasteiger partial charge in [0.1, 0.15) is 22.8 Å². The number of nitrogens with zero attached hydrogens (tertiary/aromatic N) is 1. The lowest BCUT2D eigenvalue weighted by molar-refractivity contribution is -0.147. The molecule has 4 rings (SSSR count). The average molecular weight is 505 g/mol. The molecule has 3 aliphatic carbocycles. The lowest BCUT2D eigenvalue weighted by Crippen LogP contribution is -2.58. The average Bonchev–Trinajstić information content (AvgIpc) is 2.78. The summed E-state index contributed by atoms with van der Waals surface area (Å²) in [4.78, 5) is 39.7. The first kappa shape index (κ1) is 25.2. The summed E-state index contributed by atoms with van der Waals surface area (Å²) in [7, 11) is 1.94. The van der Waals surface area contributed by atoms with Gasteiger partial charge in [-0.1, -0.05) is 18.5 Å². The SMILES string of the molecule is CC[C@@H](C)N(C)Cc1cc(O)c2c(c1Cl)CC1CC3CC(=O)C(C(N)=O)=C(O)C3(O)C(=O)C1=C2O. The molecular weight excluding hydrogens is 476 g/mol. The first-order valence-electron chi connectivity index (χ1n) is 11.5. The normalized spacial score (nSPS) is 27.0. The van der Waals surface area contributed by atoms with Crippen molar-refractivity contribution in [2.45, 2.75) is 57.7 Å². The quantitative estimate of drug-likeness (QED) is 0.381. The number of halogens is 1. The van der Waals surface area contributed by atoms with Gasteiger partial charge in [0.15, 0.2) is 11.4 Å². The Labute approximate surface area is 207 Å². The van der Waals surface area contributed by atoms with Crippen molar-refractivity contribution < 1.29 is 34.8 Å². The van der Waals surface area contributed by atoms with Crippen LogP contribution in [0.15, 0.2) is 23.0 Å². The van der Waals surface area contributed by atoms with Crippen molar-refractivity contribution in [2.75, 3.05) is 7.05 Å². The topological polar surface area (TPSA) is 161 Å². The van der Waals surface area contributed by atoms with E-state index in [0.717, 1.165) is 6.42 Å². The highest BCUT2D eigenvalue weighted by Crippen LogP contribution is 2.53. The Morgan fingerprint density at radius 2 is 1.94 bits per heavy atom. The molecule has 3 aliphatic rings. The first-order valence-corrected chi connectivity index (χ1v) is 11.9. The van der Waals surface area contributed by atoms with E-state index in [2.05, 4.69) is 18.7 Å². The predicted octanol–water partition coefficient (Wildman–Crippen LogP) is 2.31. The van der Waals surface area contributed by atoms with E-state index in [-0.39, 0.29) is 42.2 Å². The van der Waals surface area contributed by atoms with E-state index in [1.807, 2.05) is 7.05 Å². The Balaban J connectivity index is 1.84. The fourth-order valence-corrected chi connectivity index (χ4v) is 5.86. The number of aliphatic hydroxyl groups is 3. The number of phenolic OH excluding ortho intramolecular Hbond substituents is 1. The smallest absolute Gasteiger partial charge is 0.255 e. The fourth-order valence-electron chi connectivity index (χ4n) is 5.58. The number of aliphatic hydroxyl groups excluding tert-OH is 2. The van der Waals surface area contributed by atoms with E-state index in [0.29, 0.717) is 22.7 Å². The van der Waals surface area contributed by atoms with Crippen molar-refractivity contribution in [3.8, 4) is 5.75 Å². The van der Waals surface area contributed by atoms with Crippen LogP contribution in [0.3, 0.4) is 0 Å². The molecule has 0 aliphatic heterocycles. The lowest BCUT2D eigenvalue weighted by Gasteiger charge is -2.46. The summed E-state index contributed by atoms with van der Waals surface area (Å²) < 4.78 is 0. The predicted molar refractivity (Wildman–Crippen MR) is 128 cm³/mol. The van der Waals surface area contributed by atoms with Crippen LogP contribution < -0.4 is 5.73 Å². The fraction of sp³-hybridized carbons (Fsp3) is 0.480. The summed E-state index contributed by atoms with van der Waals surface area (Å²) in [5.41, 5.74) is 2.76. The Morgan fingerprint density at radius 1 is 1.29 bits per heavy atom. The van der Waals surface area contributed by atoms with E-state index < -0.39 is 52.0 Å². The monoisotopic (exact) mass is 504 g/mol. The molecular formula is C25H29ClN2O7. The molecule has 0 aromatic heterocycles. The van der Waals surface area contributed by atoms with E-state index in [9.17, 15) is 34.8 Å². The molecule has 1 fully saturated rings. The van der Waals surface area contributed by atoms with Crippen LogP contribution in [0.2, 0.25) is 5.02 Å². The highest BCUT2D eigenvalue weighted by molar-refractivity contribution is 6.32. The molecule has 0 heterocycles. The van der Waals surface area contributed by atoms with Gasteiger partial charge in [-0.25, -0.2) is 0 Å². The van der Waals surface area contributed by atoms with E-state index >= 15 is 0 Å². The van der Waals surface area contributed by atoms with Crippen molar-refractivity contribution in [3.05, 3.63) is 44.7 Å². The summed E-state index contributed by atoms with van der Waals surface area (Å²) in [6, 6.07) is 1.72. The van der Waals surface area contributed by atoms with Gasteiger partial charge in [-0.3, -0.25) is 19.3 Å². The van der Waals surface area contributed by atoms with Gasteiger partial charge in [-0.15, -0.1) is 0 Å². The Hall–Kier alpha value is -2.88. The molecule has 4 atom stereocenters. The highest BCUT2D eigenvalue weighted by Gasteiger charge is 2.60. The first-order chi connectivity index (χ1) is 16.3. The van der Waals surface area contributed by atoms with Crippen LogP contribution in [0.25, 0.3) is 5.76 Å². The van der Waals surface area contributed by atoms with Crippen LogP contribution in [-0.4, -0.2) is 61.5 Å². The number of hydrogen-bond donors (Lipinski definition) is 5. The summed E-state index contributed by atoms with van der Waals surface area (Å²) in [5.74, 6) is -6.56. The number of ketones is 2. The summed E-state index contributed by atoms with van der Waals surface area (Å²) in [6.45, 7) is 4.59. The number of rotatable bonds is 5. The van der Waals surface area contributed by atoms with Gasteiger partial charge in [-0.05, 0) is 56.3 Å². The number of carbonyl (C=O) groups excluding carboxylic acids is 3. The standard InChI is InChI=1S/C25H29ClN2O7/c1-4-10(2)28(3)9-12-7-15(29)18-14(20(12)26)6-11-5-13-8-16(30)19(24(27)34)23(33)25(13,35)22(32)17(11)21(18)31/h7,10-11,13,29,31,33,35H,4-6,8-9H2,1-3H3,(H2,27,34)/t10-,11?,13?,25?/m1/s1. The van der Waals surface area contributed by atoms with Crippen molar-refractivity contribution in [2.24, 2.45) is 17.6 Å². The van der Waals surface area contributed by atoms with Crippen molar-refractivity contribution in [1.82, 2.24) is 4.90 Å². The molecule has 1 amide bonds. The summed E-state index contributed by atoms with van der Waals surface area (Å²) in [5, 5.41) is 44.1. The van der Waals surface area contributed by atoms with Crippen LogP contribution in [0, 0.1) is 11.8 Å². The van der Waals surface area contributed by atoms with Gasteiger partial charge in [0.2, 0.25) is 5.78 Å².